The fourth-order valence-corrected chi connectivity index (χ4v) is 5.15. The van der Waals surface area contributed by atoms with Crippen LogP contribution in [0.4, 0.5) is 0 Å². The van der Waals surface area contributed by atoms with Gasteiger partial charge in [-0.05, 0) is 29.6 Å². The number of carbonyl (C=O) groups excluding carboxylic acids is 1. The monoisotopic (exact) mass is 342 g/mol. The van der Waals surface area contributed by atoms with Crippen LogP contribution in [-0.2, 0) is 9.22 Å². The molecule has 0 saturated carbocycles. The molecule has 1 radical (unpaired) electrons. The van der Waals surface area contributed by atoms with Crippen molar-refractivity contribution in [3.05, 3.63) is 6.54 Å². The van der Waals surface area contributed by atoms with Crippen LogP contribution >= 0.6 is 0 Å². The molecule has 22 heavy (non-hydrogen) atoms. The zero-order chi connectivity index (χ0) is 17.6. The number of carbonyl (C=O) groups is 1. The molecular formula is C17H36NO2Si2. The Labute approximate surface area is 140 Å². The Morgan fingerprint density at radius 1 is 1.05 bits per heavy atom. The van der Waals surface area contributed by atoms with Crippen molar-refractivity contribution in [2.45, 2.75) is 84.2 Å². The summed E-state index contributed by atoms with van der Waals surface area (Å²) in [5, 5.41) is 0.426. The predicted octanol–water partition coefficient (Wildman–Crippen LogP) is 5.02. The van der Waals surface area contributed by atoms with E-state index in [9.17, 15) is 4.79 Å². The number of nitrogens with zero attached hydrogens (tertiary/aromatic N) is 1. The minimum atomic E-state index is -1.74. The minimum absolute atomic E-state index is 0.0684. The number of β-lactam (4-membered cyclic amide) rings is 1. The number of hydrogen-bond acceptors (Lipinski definition) is 2. The Kier molecular flexibility index (Phi) is 5.48. The SMILES string of the molecule is CC(C)(C)[Si](C)(C)OCCC1[CH]N([Si](C)(C)C(C)(C)C)C1=O. The van der Waals surface area contributed by atoms with E-state index in [4.69, 9.17) is 4.43 Å². The first-order chi connectivity index (χ1) is 9.61. The van der Waals surface area contributed by atoms with Gasteiger partial charge in [-0.1, -0.05) is 54.6 Å². The van der Waals surface area contributed by atoms with Crippen LogP contribution in [0.15, 0.2) is 0 Å². The quantitative estimate of drug-likeness (QED) is 0.518. The van der Waals surface area contributed by atoms with Gasteiger partial charge in [-0.2, -0.15) is 0 Å². The summed E-state index contributed by atoms with van der Waals surface area (Å²) in [7, 11) is -3.43. The fraction of sp³-hybridized carbons (Fsp3) is 0.882. The highest BCUT2D eigenvalue weighted by atomic mass is 28.4. The third-order valence-corrected chi connectivity index (χ3v) is 15.8. The van der Waals surface area contributed by atoms with Gasteiger partial charge in [-0.25, -0.2) is 0 Å². The number of rotatable bonds is 5. The van der Waals surface area contributed by atoms with E-state index in [1.165, 1.54) is 0 Å². The molecule has 0 bridgehead atoms. The Hall–Kier alpha value is -0.136. The molecule has 129 valence electrons. The number of hydrogen-bond donors (Lipinski definition) is 0. The van der Waals surface area contributed by atoms with Gasteiger partial charge in [-0.15, -0.1) is 0 Å². The highest BCUT2D eigenvalue weighted by Gasteiger charge is 2.51. The van der Waals surface area contributed by atoms with Gasteiger partial charge >= 0.3 is 0 Å². The second-order valence-electron chi connectivity index (χ2n) is 9.67. The molecule has 0 aromatic rings. The zero-order valence-electron chi connectivity index (χ0n) is 16.3. The van der Waals surface area contributed by atoms with Gasteiger partial charge in [0.05, 0.1) is 12.5 Å². The van der Waals surface area contributed by atoms with Crippen LogP contribution in [0.5, 0.6) is 0 Å². The van der Waals surface area contributed by atoms with E-state index in [1.54, 1.807) is 0 Å². The summed E-state index contributed by atoms with van der Waals surface area (Å²) >= 11 is 0. The lowest BCUT2D eigenvalue weighted by Gasteiger charge is -2.53. The first-order valence-corrected chi connectivity index (χ1v) is 14.3. The molecular weight excluding hydrogens is 306 g/mol. The highest BCUT2D eigenvalue weighted by Crippen LogP contribution is 2.44. The molecule has 3 nitrogen and oxygen atoms in total. The third-order valence-electron chi connectivity index (χ3n) is 6.02. The van der Waals surface area contributed by atoms with Crippen LogP contribution in [0, 0.1) is 12.5 Å². The molecule has 0 aliphatic carbocycles. The van der Waals surface area contributed by atoms with Crippen molar-refractivity contribution in [3.63, 3.8) is 0 Å². The third kappa shape index (κ3) is 3.85. The molecule has 0 aromatic carbocycles. The molecule has 1 fully saturated rings. The second kappa shape index (κ2) is 6.06. The lowest BCUT2D eigenvalue weighted by atomic mass is 9.99. The molecule has 0 N–H and O–H groups in total. The van der Waals surface area contributed by atoms with Crippen molar-refractivity contribution in [2.24, 2.45) is 5.92 Å². The van der Waals surface area contributed by atoms with E-state index in [2.05, 4.69) is 78.8 Å². The summed E-state index contributed by atoms with van der Waals surface area (Å²) in [6.45, 7) is 25.4. The molecule has 1 saturated heterocycles. The molecule has 0 spiro atoms. The van der Waals surface area contributed by atoms with Gasteiger partial charge in [0.1, 0.15) is 0 Å². The van der Waals surface area contributed by atoms with Crippen molar-refractivity contribution >= 4 is 22.5 Å². The molecule has 1 aliphatic rings. The average molecular weight is 343 g/mol. The van der Waals surface area contributed by atoms with Gasteiger partial charge in [0.25, 0.3) is 0 Å². The maximum atomic E-state index is 12.5. The highest BCUT2D eigenvalue weighted by molar-refractivity contribution is 6.80. The maximum absolute atomic E-state index is 12.5. The van der Waals surface area contributed by atoms with Crippen molar-refractivity contribution in [2.75, 3.05) is 6.61 Å². The van der Waals surface area contributed by atoms with Gasteiger partial charge < -0.3 is 8.99 Å². The summed E-state index contributed by atoms with van der Waals surface area (Å²) in [6, 6.07) is 0. The molecule has 1 rings (SSSR count). The molecule has 1 unspecified atom stereocenters. The van der Waals surface area contributed by atoms with Crippen LogP contribution in [0.3, 0.4) is 0 Å². The molecule has 5 heteroatoms. The van der Waals surface area contributed by atoms with Gasteiger partial charge in [0, 0.05) is 6.61 Å². The van der Waals surface area contributed by atoms with Crippen LogP contribution in [0.2, 0.25) is 36.3 Å². The number of amides is 1. The summed E-state index contributed by atoms with van der Waals surface area (Å²) in [5.41, 5.74) is 0. The lowest BCUT2D eigenvalue weighted by molar-refractivity contribution is -0.137. The smallest absolute Gasteiger partial charge is 0.220 e. The van der Waals surface area contributed by atoms with E-state index in [-0.39, 0.29) is 16.0 Å². The first-order valence-electron chi connectivity index (χ1n) is 8.43. The fourth-order valence-electron chi connectivity index (χ4n) is 2.09. The van der Waals surface area contributed by atoms with Crippen LogP contribution in [0.25, 0.3) is 0 Å². The summed E-state index contributed by atoms with van der Waals surface area (Å²) in [4.78, 5) is 12.5. The molecule has 1 heterocycles. The van der Waals surface area contributed by atoms with Crippen LogP contribution in [-0.4, -0.2) is 33.6 Å². The van der Waals surface area contributed by atoms with Crippen molar-refractivity contribution < 1.29 is 9.22 Å². The van der Waals surface area contributed by atoms with Gasteiger partial charge in [0.15, 0.2) is 16.6 Å². The Morgan fingerprint density at radius 3 is 1.91 bits per heavy atom. The first kappa shape index (κ1) is 19.9. The van der Waals surface area contributed by atoms with Gasteiger partial charge in [0.2, 0.25) is 5.91 Å². The summed E-state index contributed by atoms with van der Waals surface area (Å²) < 4.78 is 8.26. The van der Waals surface area contributed by atoms with E-state index in [0.29, 0.717) is 12.5 Å². The molecule has 1 aliphatic heterocycles. The van der Waals surface area contributed by atoms with E-state index < -0.39 is 16.6 Å². The predicted molar refractivity (Wildman–Crippen MR) is 99.6 cm³/mol. The van der Waals surface area contributed by atoms with E-state index >= 15 is 0 Å². The minimum Gasteiger partial charge on any atom is -0.417 e. The van der Waals surface area contributed by atoms with Crippen molar-refractivity contribution in [1.29, 1.82) is 0 Å². The van der Waals surface area contributed by atoms with Crippen LogP contribution in [0.1, 0.15) is 48.0 Å². The summed E-state index contributed by atoms with van der Waals surface area (Å²) in [6.07, 6.45) is 0.830. The van der Waals surface area contributed by atoms with E-state index in [0.717, 1.165) is 6.42 Å². The van der Waals surface area contributed by atoms with Crippen molar-refractivity contribution in [1.82, 2.24) is 4.57 Å². The van der Waals surface area contributed by atoms with Gasteiger partial charge in [-0.3, -0.25) is 4.79 Å². The molecule has 1 amide bonds. The Balaban J connectivity index is 2.50. The topological polar surface area (TPSA) is 29.5 Å². The van der Waals surface area contributed by atoms with Crippen molar-refractivity contribution in [3.8, 4) is 0 Å². The Morgan fingerprint density at radius 2 is 1.55 bits per heavy atom. The van der Waals surface area contributed by atoms with E-state index in [1.807, 2.05) is 0 Å². The zero-order valence-corrected chi connectivity index (χ0v) is 18.3. The largest absolute Gasteiger partial charge is 0.417 e. The molecule has 1 atom stereocenters. The average Bonchev–Trinajstić information content (AvgIpc) is 2.28. The second-order valence-corrected chi connectivity index (χ2v) is 19.6. The standard InChI is InChI=1S/C17H36NO2Si2/c1-16(2,3)21(7,8)18-13-14(15(18)19)11-12-20-22(9,10)17(4,5)6/h13-14H,11-12H2,1-10H3. The Bertz CT molecular complexity index is 419. The summed E-state index contributed by atoms with van der Waals surface area (Å²) in [5.74, 6) is 0.379. The molecule has 0 aromatic heterocycles. The van der Waals surface area contributed by atoms with Crippen LogP contribution < -0.4 is 0 Å². The normalized spacial score (nSPS) is 21.1. The maximum Gasteiger partial charge on any atom is 0.220 e. The lowest BCUT2D eigenvalue weighted by Crippen LogP contribution is -2.64.